The van der Waals surface area contributed by atoms with Crippen LogP contribution in [0.25, 0.3) is 0 Å². The number of piperidine rings is 1. The molecule has 0 bridgehead atoms. The van der Waals surface area contributed by atoms with Crippen molar-refractivity contribution in [3.05, 3.63) is 30.1 Å². The molecule has 0 radical (unpaired) electrons. The van der Waals surface area contributed by atoms with E-state index in [-0.39, 0.29) is 11.4 Å². The van der Waals surface area contributed by atoms with Crippen molar-refractivity contribution in [3.8, 4) is 5.75 Å². The van der Waals surface area contributed by atoms with Gasteiger partial charge in [0.15, 0.2) is 0 Å². The number of benzene rings is 1. The Kier molecular flexibility index (Phi) is 2.91. The fraction of sp³-hybridized carbons (Fsp3) is 0.500. The molecule has 1 heterocycles. The quantitative estimate of drug-likeness (QED) is 0.807. The summed E-state index contributed by atoms with van der Waals surface area (Å²) in [5, 5.41) is 3.31. The molecule has 15 heavy (non-hydrogen) atoms. The second kappa shape index (κ2) is 4.19. The van der Waals surface area contributed by atoms with E-state index < -0.39 is 0 Å². The minimum atomic E-state index is -0.228. The van der Waals surface area contributed by atoms with E-state index in [9.17, 15) is 4.39 Å². The van der Waals surface area contributed by atoms with Gasteiger partial charge in [-0.1, -0.05) is 0 Å². The lowest BCUT2D eigenvalue weighted by atomic mass is 9.96. The Balaban J connectivity index is 2.03. The van der Waals surface area contributed by atoms with Gasteiger partial charge in [0.2, 0.25) is 0 Å². The first-order valence-electron chi connectivity index (χ1n) is 5.33. The lowest BCUT2D eigenvalue weighted by Gasteiger charge is -2.34. The summed E-state index contributed by atoms with van der Waals surface area (Å²) in [5.74, 6) is 0.511. The van der Waals surface area contributed by atoms with Crippen LogP contribution < -0.4 is 10.1 Å². The fourth-order valence-corrected chi connectivity index (χ4v) is 1.90. The summed E-state index contributed by atoms with van der Waals surface area (Å²) in [5.41, 5.74) is -0.157. The van der Waals surface area contributed by atoms with Crippen molar-refractivity contribution in [3.63, 3.8) is 0 Å². The van der Waals surface area contributed by atoms with Crippen molar-refractivity contribution in [1.82, 2.24) is 5.32 Å². The molecule has 1 fully saturated rings. The van der Waals surface area contributed by atoms with Gasteiger partial charge in [0, 0.05) is 6.54 Å². The first-order chi connectivity index (χ1) is 7.18. The zero-order chi connectivity index (χ0) is 10.7. The van der Waals surface area contributed by atoms with Crippen molar-refractivity contribution >= 4 is 0 Å². The van der Waals surface area contributed by atoms with Gasteiger partial charge in [-0.3, -0.25) is 0 Å². The monoisotopic (exact) mass is 209 g/mol. The van der Waals surface area contributed by atoms with Crippen LogP contribution in [0.5, 0.6) is 5.75 Å². The molecule has 1 aliphatic heterocycles. The van der Waals surface area contributed by atoms with E-state index in [1.807, 2.05) is 0 Å². The summed E-state index contributed by atoms with van der Waals surface area (Å²) in [6.07, 6.45) is 2.16. The smallest absolute Gasteiger partial charge is 0.123 e. The first kappa shape index (κ1) is 10.4. The van der Waals surface area contributed by atoms with Gasteiger partial charge in [0.1, 0.15) is 17.2 Å². The average molecular weight is 209 g/mol. The zero-order valence-electron chi connectivity index (χ0n) is 8.92. The largest absolute Gasteiger partial charge is 0.486 e. The Hall–Kier alpha value is -1.09. The zero-order valence-corrected chi connectivity index (χ0v) is 8.92. The van der Waals surface area contributed by atoms with Crippen LogP contribution in [0, 0.1) is 5.82 Å². The van der Waals surface area contributed by atoms with Gasteiger partial charge in [-0.25, -0.2) is 4.39 Å². The molecule has 1 atom stereocenters. The molecule has 1 aromatic rings. The molecular weight excluding hydrogens is 193 g/mol. The number of nitrogens with one attached hydrogen (secondary N) is 1. The molecule has 2 nitrogen and oxygen atoms in total. The van der Waals surface area contributed by atoms with E-state index in [1.54, 1.807) is 12.1 Å². The van der Waals surface area contributed by atoms with Gasteiger partial charge in [0.05, 0.1) is 0 Å². The molecule has 0 aromatic heterocycles. The molecule has 1 aromatic carbocycles. The molecule has 1 aliphatic rings. The van der Waals surface area contributed by atoms with Crippen molar-refractivity contribution in [2.45, 2.75) is 25.4 Å². The molecule has 1 saturated heterocycles. The summed E-state index contributed by atoms with van der Waals surface area (Å²) < 4.78 is 18.6. The molecule has 0 amide bonds. The highest BCUT2D eigenvalue weighted by Crippen LogP contribution is 2.24. The number of rotatable bonds is 2. The second-order valence-corrected chi connectivity index (χ2v) is 4.29. The third kappa shape index (κ3) is 2.69. The minimum absolute atomic E-state index is 0.157. The van der Waals surface area contributed by atoms with Crippen LogP contribution in [0.3, 0.4) is 0 Å². The maximum absolute atomic E-state index is 12.7. The van der Waals surface area contributed by atoms with Crippen LogP contribution in [0.1, 0.15) is 19.8 Å². The van der Waals surface area contributed by atoms with Crippen LogP contribution in [-0.4, -0.2) is 18.7 Å². The maximum atomic E-state index is 12.7. The topological polar surface area (TPSA) is 21.3 Å². The van der Waals surface area contributed by atoms with Crippen molar-refractivity contribution in [2.75, 3.05) is 13.1 Å². The number of ether oxygens (including phenoxy) is 1. The van der Waals surface area contributed by atoms with Gasteiger partial charge in [0.25, 0.3) is 0 Å². The van der Waals surface area contributed by atoms with E-state index in [0.29, 0.717) is 0 Å². The predicted molar refractivity (Wildman–Crippen MR) is 57.5 cm³/mol. The Labute approximate surface area is 89.4 Å². The van der Waals surface area contributed by atoms with Gasteiger partial charge >= 0.3 is 0 Å². The summed E-state index contributed by atoms with van der Waals surface area (Å²) in [6, 6.07) is 6.20. The average Bonchev–Trinajstić information content (AvgIpc) is 2.22. The second-order valence-electron chi connectivity index (χ2n) is 4.29. The molecule has 2 rings (SSSR count). The molecule has 3 heteroatoms. The normalized spacial score (nSPS) is 26.3. The van der Waals surface area contributed by atoms with Gasteiger partial charge < -0.3 is 10.1 Å². The summed E-state index contributed by atoms with van der Waals surface area (Å²) in [4.78, 5) is 0. The van der Waals surface area contributed by atoms with Crippen LogP contribution >= 0.6 is 0 Å². The minimum Gasteiger partial charge on any atom is -0.486 e. The highest BCUT2D eigenvalue weighted by atomic mass is 19.1. The first-order valence-corrected chi connectivity index (χ1v) is 5.33. The van der Waals surface area contributed by atoms with Gasteiger partial charge in [-0.15, -0.1) is 0 Å². The Bertz CT molecular complexity index is 317. The number of hydrogen-bond donors (Lipinski definition) is 1. The van der Waals surface area contributed by atoms with E-state index >= 15 is 0 Å². The number of halogens is 1. The molecule has 0 saturated carbocycles. The molecule has 1 N–H and O–H groups in total. The predicted octanol–water partition coefficient (Wildman–Crippen LogP) is 2.35. The fourth-order valence-electron chi connectivity index (χ4n) is 1.90. The number of hydrogen-bond acceptors (Lipinski definition) is 2. The van der Waals surface area contributed by atoms with Crippen molar-refractivity contribution < 1.29 is 9.13 Å². The Morgan fingerprint density at radius 3 is 2.67 bits per heavy atom. The molecule has 0 aliphatic carbocycles. The highest BCUT2D eigenvalue weighted by Gasteiger charge is 2.28. The standard InChI is InChI=1S/C12H16FNO/c1-12(7-2-8-14-9-12)15-11-5-3-10(13)4-6-11/h3-6,14H,2,7-9H2,1H3. The van der Waals surface area contributed by atoms with Crippen LogP contribution in [0.4, 0.5) is 4.39 Å². The molecule has 1 unspecified atom stereocenters. The van der Waals surface area contributed by atoms with Crippen molar-refractivity contribution in [2.24, 2.45) is 0 Å². The summed E-state index contributed by atoms with van der Waals surface area (Å²) in [7, 11) is 0. The van der Waals surface area contributed by atoms with E-state index in [0.717, 1.165) is 31.7 Å². The van der Waals surface area contributed by atoms with Gasteiger partial charge in [-0.2, -0.15) is 0 Å². The summed E-state index contributed by atoms with van der Waals surface area (Å²) >= 11 is 0. The van der Waals surface area contributed by atoms with Gasteiger partial charge in [-0.05, 0) is 50.6 Å². The van der Waals surface area contributed by atoms with Crippen LogP contribution in [0.2, 0.25) is 0 Å². The Morgan fingerprint density at radius 1 is 1.33 bits per heavy atom. The lowest BCUT2D eigenvalue weighted by molar-refractivity contribution is 0.0614. The SMILES string of the molecule is CC1(Oc2ccc(F)cc2)CCCNC1. The summed E-state index contributed by atoms with van der Waals surface area (Å²) in [6.45, 7) is 4.00. The van der Waals surface area contributed by atoms with Crippen LogP contribution in [0.15, 0.2) is 24.3 Å². The van der Waals surface area contributed by atoms with E-state index in [2.05, 4.69) is 12.2 Å². The molecule has 82 valence electrons. The van der Waals surface area contributed by atoms with Crippen LogP contribution in [-0.2, 0) is 0 Å². The van der Waals surface area contributed by atoms with E-state index in [4.69, 9.17) is 4.74 Å². The van der Waals surface area contributed by atoms with Crippen molar-refractivity contribution in [1.29, 1.82) is 0 Å². The third-order valence-electron chi connectivity index (χ3n) is 2.74. The van der Waals surface area contributed by atoms with E-state index in [1.165, 1.54) is 12.1 Å². The maximum Gasteiger partial charge on any atom is 0.123 e. The Morgan fingerprint density at radius 2 is 2.07 bits per heavy atom. The highest BCUT2D eigenvalue weighted by molar-refractivity contribution is 5.23. The molecule has 0 spiro atoms. The lowest BCUT2D eigenvalue weighted by Crippen LogP contribution is -2.47. The third-order valence-corrected chi connectivity index (χ3v) is 2.74. The molecular formula is C12H16FNO.